The predicted molar refractivity (Wildman–Crippen MR) is 114 cm³/mol. The van der Waals surface area contributed by atoms with Crippen LogP contribution < -0.4 is 9.62 Å². The molecule has 7 heteroatoms. The van der Waals surface area contributed by atoms with E-state index in [-0.39, 0.29) is 16.3 Å². The van der Waals surface area contributed by atoms with Crippen LogP contribution in [0.2, 0.25) is 0 Å². The largest absolute Gasteiger partial charge is 0.312 e. The topological polar surface area (TPSA) is 69.7 Å². The van der Waals surface area contributed by atoms with Crippen LogP contribution in [-0.2, 0) is 14.8 Å². The van der Waals surface area contributed by atoms with Gasteiger partial charge in [0.25, 0.3) is 0 Å². The summed E-state index contributed by atoms with van der Waals surface area (Å²) in [4.78, 5) is 16.5. The second-order valence-corrected chi connectivity index (χ2v) is 10.6. The molecule has 0 unspecified atom stereocenters. The van der Waals surface area contributed by atoms with Gasteiger partial charge < -0.3 is 4.90 Å². The lowest BCUT2D eigenvalue weighted by Gasteiger charge is -2.48. The number of likely N-dealkylation sites (tertiary alicyclic amines) is 1. The van der Waals surface area contributed by atoms with Gasteiger partial charge >= 0.3 is 0 Å². The van der Waals surface area contributed by atoms with Gasteiger partial charge in [-0.15, -0.1) is 0 Å². The Balaban J connectivity index is 1.46. The van der Waals surface area contributed by atoms with Gasteiger partial charge in [0.2, 0.25) is 15.9 Å². The number of hydrogen-bond acceptors (Lipinski definition) is 4. The van der Waals surface area contributed by atoms with Crippen LogP contribution in [0.4, 0.5) is 5.69 Å². The molecule has 160 valence electrons. The van der Waals surface area contributed by atoms with Crippen molar-refractivity contribution in [3.05, 3.63) is 24.3 Å². The van der Waals surface area contributed by atoms with Gasteiger partial charge in [0.05, 0.1) is 4.90 Å². The average Bonchev–Trinajstić information content (AvgIpc) is 3.20. The zero-order valence-corrected chi connectivity index (χ0v) is 18.1. The second-order valence-electron chi connectivity index (χ2n) is 8.80. The SMILES string of the molecule is O=C1CCCN1c1ccc(S(=O)(=O)NCC2(N3CCCCC3)CCCCC2)cc1. The van der Waals surface area contributed by atoms with E-state index in [2.05, 4.69) is 9.62 Å². The first-order chi connectivity index (χ1) is 14.0. The van der Waals surface area contributed by atoms with E-state index >= 15 is 0 Å². The van der Waals surface area contributed by atoms with E-state index in [0.717, 1.165) is 38.0 Å². The fourth-order valence-corrected chi connectivity index (χ4v) is 6.34. The molecule has 29 heavy (non-hydrogen) atoms. The molecule has 1 aromatic rings. The maximum Gasteiger partial charge on any atom is 0.240 e. The molecule has 3 fully saturated rings. The highest BCUT2D eigenvalue weighted by Crippen LogP contribution is 2.35. The molecule has 0 bridgehead atoms. The van der Waals surface area contributed by atoms with Crippen molar-refractivity contribution in [1.82, 2.24) is 9.62 Å². The Labute approximate surface area is 174 Å². The zero-order valence-electron chi connectivity index (χ0n) is 17.2. The second kappa shape index (κ2) is 8.74. The molecular weight excluding hydrogens is 386 g/mol. The highest BCUT2D eigenvalue weighted by molar-refractivity contribution is 7.89. The van der Waals surface area contributed by atoms with Crippen LogP contribution in [0.3, 0.4) is 0 Å². The van der Waals surface area contributed by atoms with E-state index in [0.29, 0.717) is 19.5 Å². The summed E-state index contributed by atoms with van der Waals surface area (Å²) in [6.45, 7) is 3.36. The van der Waals surface area contributed by atoms with Crippen molar-refractivity contribution in [1.29, 1.82) is 0 Å². The number of nitrogens with one attached hydrogen (secondary N) is 1. The van der Waals surface area contributed by atoms with Crippen molar-refractivity contribution >= 4 is 21.6 Å². The third-order valence-corrected chi connectivity index (χ3v) is 8.35. The molecule has 1 saturated carbocycles. The van der Waals surface area contributed by atoms with Gasteiger partial charge in [0, 0.05) is 30.7 Å². The first-order valence-electron chi connectivity index (χ1n) is 11.2. The quantitative estimate of drug-likeness (QED) is 0.768. The van der Waals surface area contributed by atoms with Crippen LogP contribution in [0, 0.1) is 0 Å². The first kappa shape index (κ1) is 20.8. The molecule has 2 heterocycles. The minimum Gasteiger partial charge on any atom is -0.312 e. The number of amides is 1. The van der Waals surface area contributed by atoms with Crippen LogP contribution in [-0.4, -0.2) is 50.9 Å². The number of sulfonamides is 1. The maximum atomic E-state index is 13.0. The normalized spacial score (nSPS) is 23.4. The summed E-state index contributed by atoms with van der Waals surface area (Å²) < 4.78 is 28.9. The lowest BCUT2D eigenvalue weighted by Crippen LogP contribution is -2.58. The Morgan fingerprint density at radius 2 is 1.52 bits per heavy atom. The standard InChI is InChI=1S/C22H33N3O3S/c26-21-8-7-17-25(21)19-9-11-20(12-10-19)29(27,28)23-18-22(13-3-1-4-14-22)24-15-5-2-6-16-24/h9-12,23H,1-8,13-18H2. The van der Waals surface area contributed by atoms with E-state index < -0.39 is 10.0 Å². The molecule has 2 saturated heterocycles. The van der Waals surface area contributed by atoms with Crippen LogP contribution in [0.1, 0.15) is 64.2 Å². The number of carbonyl (C=O) groups is 1. The van der Waals surface area contributed by atoms with Crippen LogP contribution in [0.15, 0.2) is 29.2 Å². The molecule has 1 aliphatic carbocycles. The minimum atomic E-state index is -3.57. The third-order valence-electron chi connectivity index (χ3n) is 6.93. The van der Waals surface area contributed by atoms with E-state index in [1.54, 1.807) is 29.2 Å². The van der Waals surface area contributed by atoms with Crippen molar-refractivity contribution < 1.29 is 13.2 Å². The molecule has 0 spiro atoms. The smallest absolute Gasteiger partial charge is 0.240 e. The Morgan fingerprint density at radius 3 is 2.14 bits per heavy atom. The summed E-state index contributed by atoms with van der Waals surface area (Å²) in [6, 6.07) is 6.74. The summed E-state index contributed by atoms with van der Waals surface area (Å²) in [5.74, 6) is 0.111. The average molecular weight is 420 g/mol. The van der Waals surface area contributed by atoms with Crippen molar-refractivity contribution in [2.45, 2.75) is 74.6 Å². The summed E-state index contributed by atoms with van der Waals surface area (Å²) >= 11 is 0. The predicted octanol–water partition coefficient (Wildman–Crippen LogP) is 3.28. The minimum absolute atomic E-state index is 0.0341. The number of hydrogen-bond donors (Lipinski definition) is 1. The van der Waals surface area contributed by atoms with Crippen molar-refractivity contribution in [3.8, 4) is 0 Å². The third kappa shape index (κ3) is 4.52. The van der Waals surface area contributed by atoms with Crippen LogP contribution in [0.25, 0.3) is 0 Å². The summed E-state index contributed by atoms with van der Waals surface area (Å²) in [6.07, 6.45) is 10.9. The van der Waals surface area contributed by atoms with E-state index in [9.17, 15) is 13.2 Å². The molecule has 2 aliphatic heterocycles. The molecular formula is C22H33N3O3S. The fraction of sp³-hybridized carbons (Fsp3) is 0.682. The van der Waals surface area contributed by atoms with Crippen molar-refractivity contribution in [3.63, 3.8) is 0 Å². The zero-order chi connectivity index (χ0) is 20.3. The molecule has 0 radical (unpaired) electrons. The monoisotopic (exact) mass is 419 g/mol. The first-order valence-corrected chi connectivity index (χ1v) is 12.6. The van der Waals surface area contributed by atoms with Gasteiger partial charge in [0.15, 0.2) is 0 Å². The summed E-state index contributed by atoms with van der Waals surface area (Å²) in [5.41, 5.74) is 0.747. The molecule has 1 aromatic carbocycles. The Hall–Kier alpha value is -1.44. The van der Waals surface area contributed by atoms with E-state index in [1.807, 2.05) is 0 Å². The number of benzene rings is 1. The number of piperidine rings is 1. The van der Waals surface area contributed by atoms with Crippen LogP contribution >= 0.6 is 0 Å². The van der Waals surface area contributed by atoms with Gasteiger partial charge in [-0.05, 0) is 69.5 Å². The van der Waals surface area contributed by atoms with Gasteiger partial charge in [0.1, 0.15) is 0 Å². The Morgan fingerprint density at radius 1 is 0.862 bits per heavy atom. The van der Waals surface area contributed by atoms with E-state index in [1.165, 1.54) is 38.5 Å². The van der Waals surface area contributed by atoms with Crippen molar-refractivity contribution in [2.75, 3.05) is 31.1 Å². The molecule has 3 aliphatic rings. The molecule has 1 amide bonds. The van der Waals surface area contributed by atoms with E-state index in [4.69, 9.17) is 0 Å². The Bertz CT molecular complexity index is 810. The molecule has 0 atom stereocenters. The number of nitrogens with zero attached hydrogens (tertiary/aromatic N) is 2. The van der Waals surface area contributed by atoms with Gasteiger partial charge in [-0.1, -0.05) is 25.7 Å². The number of carbonyl (C=O) groups excluding carboxylic acids is 1. The van der Waals surface area contributed by atoms with Crippen LogP contribution in [0.5, 0.6) is 0 Å². The lowest BCUT2D eigenvalue weighted by atomic mass is 9.79. The highest BCUT2D eigenvalue weighted by atomic mass is 32.2. The fourth-order valence-electron chi connectivity index (χ4n) is 5.22. The molecule has 4 rings (SSSR count). The van der Waals surface area contributed by atoms with Crippen molar-refractivity contribution in [2.24, 2.45) is 0 Å². The number of rotatable bonds is 6. The maximum absolute atomic E-state index is 13.0. The molecule has 1 N–H and O–H groups in total. The lowest BCUT2D eigenvalue weighted by molar-refractivity contribution is -0.117. The number of anilines is 1. The summed E-state index contributed by atoms with van der Waals surface area (Å²) in [5, 5.41) is 0. The molecule has 6 nitrogen and oxygen atoms in total. The van der Waals surface area contributed by atoms with Gasteiger partial charge in [-0.2, -0.15) is 0 Å². The highest BCUT2D eigenvalue weighted by Gasteiger charge is 2.39. The van der Waals surface area contributed by atoms with Gasteiger partial charge in [-0.3, -0.25) is 9.69 Å². The van der Waals surface area contributed by atoms with Gasteiger partial charge in [-0.25, -0.2) is 13.1 Å². The molecule has 0 aromatic heterocycles. The Kier molecular flexibility index (Phi) is 6.27. The summed E-state index contributed by atoms with van der Waals surface area (Å²) in [7, 11) is -3.57.